The molecule has 0 saturated heterocycles. The van der Waals surface area contributed by atoms with Crippen molar-refractivity contribution in [2.75, 3.05) is 5.73 Å². The Morgan fingerprint density at radius 3 is 3.00 bits per heavy atom. The van der Waals surface area contributed by atoms with Crippen molar-refractivity contribution in [3.63, 3.8) is 0 Å². The number of rotatable bonds is 2. The van der Waals surface area contributed by atoms with Gasteiger partial charge >= 0.3 is 5.69 Å². The Kier molecular flexibility index (Phi) is 3.15. The highest BCUT2D eigenvalue weighted by atomic mass is 35.5. The number of hydrogen-bond acceptors (Lipinski definition) is 3. The number of anilines is 1. The lowest BCUT2D eigenvalue weighted by molar-refractivity contribution is 0.724. The summed E-state index contributed by atoms with van der Waals surface area (Å²) in [6.07, 6.45) is 2.91. The Bertz CT molecular complexity index is 607. The summed E-state index contributed by atoms with van der Waals surface area (Å²) in [6.45, 7) is 2.34. The third-order valence-corrected chi connectivity index (χ3v) is 2.85. The number of nitrogens with zero attached hydrogens (tertiary/aromatic N) is 2. The van der Waals surface area contributed by atoms with Gasteiger partial charge in [0.15, 0.2) is 0 Å². The lowest BCUT2D eigenvalue weighted by Gasteiger charge is -2.09. The van der Waals surface area contributed by atoms with Crippen molar-refractivity contribution in [1.29, 1.82) is 0 Å². The van der Waals surface area contributed by atoms with Crippen molar-refractivity contribution in [1.82, 2.24) is 9.55 Å². The molecule has 1 heterocycles. The SMILES string of the molecule is Cc1c(N)cccc1Cn1cc(Cl)cnc1=O. The lowest BCUT2D eigenvalue weighted by Crippen LogP contribution is -2.22. The number of aromatic nitrogens is 2. The van der Waals surface area contributed by atoms with E-state index < -0.39 is 0 Å². The molecule has 17 heavy (non-hydrogen) atoms. The van der Waals surface area contributed by atoms with Gasteiger partial charge in [-0.1, -0.05) is 23.7 Å². The van der Waals surface area contributed by atoms with E-state index in [0.717, 1.165) is 11.1 Å². The summed E-state index contributed by atoms with van der Waals surface area (Å²) in [5, 5.41) is 0.436. The molecule has 0 aliphatic heterocycles. The first-order valence-corrected chi connectivity index (χ1v) is 5.51. The van der Waals surface area contributed by atoms with Crippen LogP contribution in [0, 0.1) is 6.92 Å². The van der Waals surface area contributed by atoms with Crippen LogP contribution < -0.4 is 11.4 Å². The van der Waals surface area contributed by atoms with Gasteiger partial charge < -0.3 is 5.73 Å². The number of halogens is 1. The highest BCUT2D eigenvalue weighted by molar-refractivity contribution is 6.30. The van der Waals surface area contributed by atoms with Crippen LogP contribution in [0.2, 0.25) is 5.02 Å². The number of nitrogen functional groups attached to an aromatic ring is 1. The molecule has 88 valence electrons. The second kappa shape index (κ2) is 4.59. The Hall–Kier alpha value is -1.81. The lowest BCUT2D eigenvalue weighted by atomic mass is 10.1. The molecule has 0 aliphatic carbocycles. The zero-order valence-electron chi connectivity index (χ0n) is 9.35. The van der Waals surface area contributed by atoms with Crippen LogP contribution in [0.15, 0.2) is 35.4 Å². The van der Waals surface area contributed by atoms with E-state index in [9.17, 15) is 4.79 Å². The smallest absolute Gasteiger partial charge is 0.347 e. The highest BCUT2D eigenvalue weighted by Crippen LogP contribution is 2.16. The number of benzene rings is 1. The summed E-state index contributed by atoms with van der Waals surface area (Å²) in [7, 11) is 0. The van der Waals surface area contributed by atoms with Crippen molar-refractivity contribution in [2.24, 2.45) is 0 Å². The van der Waals surface area contributed by atoms with E-state index in [1.54, 1.807) is 6.20 Å². The van der Waals surface area contributed by atoms with Crippen molar-refractivity contribution < 1.29 is 0 Å². The summed E-state index contributed by atoms with van der Waals surface area (Å²) >= 11 is 5.81. The first kappa shape index (κ1) is 11.7. The topological polar surface area (TPSA) is 60.9 Å². The Labute approximate surface area is 104 Å². The average molecular weight is 250 g/mol. The minimum Gasteiger partial charge on any atom is -0.399 e. The predicted octanol–water partition coefficient (Wildman–Crippen LogP) is 1.84. The zero-order valence-corrected chi connectivity index (χ0v) is 10.1. The molecule has 2 rings (SSSR count). The zero-order chi connectivity index (χ0) is 12.4. The molecule has 1 aromatic heterocycles. The van der Waals surface area contributed by atoms with Crippen LogP contribution in [0.5, 0.6) is 0 Å². The molecule has 0 aliphatic rings. The minimum absolute atomic E-state index is 0.323. The monoisotopic (exact) mass is 249 g/mol. The van der Waals surface area contributed by atoms with Crippen LogP contribution in [0.1, 0.15) is 11.1 Å². The Morgan fingerprint density at radius 1 is 1.47 bits per heavy atom. The normalized spacial score (nSPS) is 10.5. The van der Waals surface area contributed by atoms with Gasteiger partial charge in [0.1, 0.15) is 0 Å². The molecule has 2 aromatic rings. The van der Waals surface area contributed by atoms with Gasteiger partial charge in [-0.05, 0) is 24.1 Å². The van der Waals surface area contributed by atoms with Gasteiger partial charge in [-0.2, -0.15) is 0 Å². The van der Waals surface area contributed by atoms with Crippen LogP contribution >= 0.6 is 11.6 Å². The first-order chi connectivity index (χ1) is 8.08. The van der Waals surface area contributed by atoms with Crippen molar-refractivity contribution >= 4 is 17.3 Å². The minimum atomic E-state index is -0.323. The summed E-state index contributed by atoms with van der Waals surface area (Å²) in [5.41, 5.74) is 8.16. The molecular weight excluding hydrogens is 238 g/mol. The average Bonchev–Trinajstić information content (AvgIpc) is 2.30. The quantitative estimate of drug-likeness (QED) is 0.826. The summed E-state index contributed by atoms with van der Waals surface area (Å²) < 4.78 is 1.46. The van der Waals surface area contributed by atoms with E-state index in [-0.39, 0.29) is 5.69 Å². The molecule has 0 atom stereocenters. The van der Waals surface area contributed by atoms with Gasteiger partial charge in [0, 0.05) is 11.9 Å². The maximum absolute atomic E-state index is 11.5. The molecule has 0 fully saturated rings. The van der Waals surface area contributed by atoms with Gasteiger partial charge in [0.05, 0.1) is 17.8 Å². The fraction of sp³-hybridized carbons (Fsp3) is 0.167. The maximum atomic E-state index is 11.5. The molecule has 0 radical (unpaired) electrons. The molecule has 2 N–H and O–H groups in total. The molecule has 5 heteroatoms. The predicted molar refractivity (Wildman–Crippen MR) is 68.2 cm³/mol. The van der Waals surface area contributed by atoms with Crippen LogP contribution in [-0.2, 0) is 6.54 Å². The largest absolute Gasteiger partial charge is 0.399 e. The van der Waals surface area contributed by atoms with E-state index in [1.807, 2.05) is 25.1 Å². The molecule has 0 spiro atoms. The van der Waals surface area contributed by atoms with Crippen molar-refractivity contribution in [3.05, 3.63) is 57.2 Å². The van der Waals surface area contributed by atoms with Gasteiger partial charge in [0.25, 0.3) is 0 Å². The van der Waals surface area contributed by atoms with Crippen LogP contribution in [-0.4, -0.2) is 9.55 Å². The fourth-order valence-electron chi connectivity index (χ4n) is 1.60. The third kappa shape index (κ3) is 2.47. The van der Waals surface area contributed by atoms with Gasteiger partial charge in [-0.3, -0.25) is 4.57 Å². The van der Waals surface area contributed by atoms with Gasteiger partial charge in [-0.25, -0.2) is 9.78 Å². The van der Waals surface area contributed by atoms with Gasteiger partial charge in [0.2, 0.25) is 0 Å². The molecule has 0 amide bonds. The molecule has 0 saturated carbocycles. The van der Waals surface area contributed by atoms with Crippen LogP contribution in [0.4, 0.5) is 5.69 Å². The maximum Gasteiger partial charge on any atom is 0.347 e. The van der Waals surface area contributed by atoms with Crippen LogP contribution in [0.25, 0.3) is 0 Å². The van der Waals surface area contributed by atoms with Gasteiger partial charge in [-0.15, -0.1) is 0 Å². The molecular formula is C12H12ClN3O. The molecule has 4 nitrogen and oxygen atoms in total. The Balaban J connectivity index is 2.41. The standard InChI is InChI=1S/C12H12ClN3O/c1-8-9(3-2-4-11(8)14)6-16-7-10(13)5-15-12(16)17/h2-5,7H,6,14H2,1H3. The molecule has 1 aromatic carbocycles. The summed E-state index contributed by atoms with van der Waals surface area (Å²) in [6, 6.07) is 5.62. The second-order valence-corrected chi connectivity index (χ2v) is 4.25. The number of hydrogen-bond donors (Lipinski definition) is 1. The third-order valence-electron chi connectivity index (χ3n) is 2.65. The number of nitrogens with two attached hydrogens (primary N) is 1. The van der Waals surface area contributed by atoms with Crippen molar-refractivity contribution in [2.45, 2.75) is 13.5 Å². The molecule has 0 bridgehead atoms. The van der Waals surface area contributed by atoms with E-state index in [4.69, 9.17) is 17.3 Å². The molecule has 0 unspecified atom stereocenters. The van der Waals surface area contributed by atoms with E-state index in [0.29, 0.717) is 17.3 Å². The van der Waals surface area contributed by atoms with Crippen LogP contribution in [0.3, 0.4) is 0 Å². The first-order valence-electron chi connectivity index (χ1n) is 5.14. The van der Waals surface area contributed by atoms with E-state index in [2.05, 4.69) is 4.98 Å². The summed E-state index contributed by atoms with van der Waals surface area (Å²) in [5.74, 6) is 0. The fourth-order valence-corrected chi connectivity index (χ4v) is 1.77. The Morgan fingerprint density at radius 2 is 2.24 bits per heavy atom. The van der Waals surface area contributed by atoms with Crippen molar-refractivity contribution in [3.8, 4) is 0 Å². The van der Waals surface area contributed by atoms with E-state index >= 15 is 0 Å². The second-order valence-electron chi connectivity index (χ2n) is 3.81. The summed E-state index contributed by atoms with van der Waals surface area (Å²) in [4.78, 5) is 15.2. The van der Waals surface area contributed by atoms with E-state index in [1.165, 1.54) is 10.8 Å². The highest BCUT2D eigenvalue weighted by Gasteiger charge is 2.04.